The fourth-order valence-corrected chi connectivity index (χ4v) is 4.43. The van der Waals surface area contributed by atoms with Gasteiger partial charge in [-0.25, -0.2) is 0 Å². The summed E-state index contributed by atoms with van der Waals surface area (Å²) in [6.07, 6.45) is 1.09. The number of aromatic nitrogens is 2. The van der Waals surface area contributed by atoms with E-state index >= 15 is 0 Å². The summed E-state index contributed by atoms with van der Waals surface area (Å²) in [5.41, 5.74) is 2.35. The van der Waals surface area contributed by atoms with Crippen LogP contribution in [0.25, 0.3) is 0 Å². The maximum Gasteiger partial charge on any atom is 0.219 e. The fraction of sp³-hybridized carbons (Fsp3) is 0.789. The lowest BCUT2D eigenvalue weighted by Crippen LogP contribution is -2.43. The van der Waals surface area contributed by atoms with Gasteiger partial charge in [0.15, 0.2) is 0 Å². The molecule has 6 nitrogen and oxygen atoms in total. The van der Waals surface area contributed by atoms with Crippen LogP contribution < -0.4 is 0 Å². The van der Waals surface area contributed by atoms with Crippen LogP contribution in [0.5, 0.6) is 0 Å². The van der Waals surface area contributed by atoms with E-state index in [0.29, 0.717) is 12.0 Å². The summed E-state index contributed by atoms with van der Waals surface area (Å²) in [5, 5.41) is 4.58. The zero-order valence-corrected chi connectivity index (χ0v) is 16.2. The molecule has 140 valence electrons. The zero-order valence-electron chi connectivity index (χ0n) is 16.2. The summed E-state index contributed by atoms with van der Waals surface area (Å²) < 4.78 is 2.13. The van der Waals surface area contributed by atoms with Crippen LogP contribution in [-0.4, -0.2) is 82.2 Å². The first-order valence-corrected chi connectivity index (χ1v) is 9.67. The lowest BCUT2D eigenvalue weighted by molar-refractivity contribution is -0.128. The van der Waals surface area contributed by atoms with Gasteiger partial charge in [-0.2, -0.15) is 5.10 Å². The lowest BCUT2D eigenvalue weighted by Gasteiger charge is -2.30. The maximum atomic E-state index is 11.6. The zero-order chi connectivity index (χ0) is 18.0. The molecule has 1 aromatic rings. The number of hydrogen-bond donors (Lipinski definition) is 0. The van der Waals surface area contributed by atoms with Gasteiger partial charge in [0.25, 0.3) is 0 Å². The molecule has 25 heavy (non-hydrogen) atoms. The second-order valence-corrected chi connectivity index (χ2v) is 7.85. The van der Waals surface area contributed by atoms with E-state index in [1.165, 1.54) is 5.69 Å². The van der Waals surface area contributed by atoms with E-state index in [1.807, 2.05) is 4.90 Å². The van der Waals surface area contributed by atoms with Crippen molar-refractivity contribution in [1.82, 2.24) is 24.5 Å². The minimum Gasteiger partial charge on any atom is -0.342 e. The number of rotatable bonds is 4. The first-order chi connectivity index (χ1) is 11.9. The van der Waals surface area contributed by atoms with E-state index in [0.717, 1.165) is 64.5 Å². The van der Waals surface area contributed by atoms with Gasteiger partial charge in [-0.1, -0.05) is 6.92 Å². The van der Waals surface area contributed by atoms with Gasteiger partial charge in [0, 0.05) is 64.5 Å². The Morgan fingerprint density at radius 1 is 1.16 bits per heavy atom. The van der Waals surface area contributed by atoms with Gasteiger partial charge in [-0.15, -0.1) is 0 Å². The Kier molecular flexibility index (Phi) is 5.79. The van der Waals surface area contributed by atoms with Crippen LogP contribution in [0.3, 0.4) is 0 Å². The van der Waals surface area contributed by atoms with Crippen LogP contribution >= 0.6 is 0 Å². The van der Waals surface area contributed by atoms with E-state index in [4.69, 9.17) is 0 Å². The standard InChI is InChI=1S/C19H33N5O/c1-15-13-21(8-11-24-17(3)12-16(2)20-24)14-19(15)23-7-5-6-22(9-10-23)18(4)25/h12,15,19H,5-11,13-14H2,1-4H3/t15-,19+/m1/s1. The summed E-state index contributed by atoms with van der Waals surface area (Å²) in [4.78, 5) is 18.8. The molecule has 0 unspecified atom stereocenters. The number of carbonyl (C=O) groups is 1. The Morgan fingerprint density at radius 2 is 1.96 bits per heavy atom. The van der Waals surface area contributed by atoms with Crippen LogP contribution in [-0.2, 0) is 11.3 Å². The molecular formula is C19H33N5O. The second-order valence-electron chi connectivity index (χ2n) is 7.85. The lowest BCUT2D eigenvalue weighted by atomic mass is 10.0. The average molecular weight is 348 g/mol. The number of likely N-dealkylation sites (tertiary alicyclic amines) is 1. The normalized spacial score (nSPS) is 26.2. The fourth-order valence-electron chi connectivity index (χ4n) is 4.43. The van der Waals surface area contributed by atoms with Crippen molar-refractivity contribution in [3.63, 3.8) is 0 Å². The average Bonchev–Trinajstić information content (AvgIpc) is 2.96. The number of hydrogen-bond acceptors (Lipinski definition) is 4. The quantitative estimate of drug-likeness (QED) is 0.825. The Morgan fingerprint density at radius 3 is 2.64 bits per heavy atom. The number of aryl methyl sites for hydroxylation is 2. The molecule has 0 spiro atoms. The minimum absolute atomic E-state index is 0.216. The molecule has 0 aliphatic carbocycles. The molecular weight excluding hydrogens is 314 g/mol. The number of nitrogens with zero attached hydrogens (tertiary/aromatic N) is 5. The molecule has 0 aromatic carbocycles. The first-order valence-electron chi connectivity index (χ1n) is 9.67. The molecule has 2 aliphatic heterocycles. The van der Waals surface area contributed by atoms with Crippen molar-refractivity contribution in [3.8, 4) is 0 Å². The van der Waals surface area contributed by atoms with Gasteiger partial charge < -0.3 is 4.90 Å². The monoisotopic (exact) mass is 347 g/mol. The number of carbonyl (C=O) groups excluding carboxylic acids is 1. The highest BCUT2D eigenvalue weighted by atomic mass is 16.2. The summed E-state index contributed by atoms with van der Waals surface area (Å²) in [5.74, 6) is 0.900. The molecule has 1 amide bonds. The van der Waals surface area contributed by atoms with Gasteiger partial charge in [-0.05, 0) is 32.3 Å². The Hall–Kier alpha value is -1.40. The number of amides is 1. The van der Waals surface area contributed by atoms with Crippen molar-refractivity contribution >= 4 is 5.91 Å². The molecule has 0 radical (unpaired) electrons. The highest BCUT2D eigenvalue weighted by Gasteiger charge is 2.34. The summed E-state index contributed by atoms with van der Waals surface area (Å²) in [6.45, 7) is 16.5. The predicted molar refractivity (Wildman–Crippen MR) is 99.5 cm³/mol. The third kappa shape index (κ3) is 4.42. The molecule has 3 heterocycles. The molecule has 2 atom stereocenters. The first kappa shape index (κ1) is 18.4. The smallest absolute Gasteiger partial charge is 0.219 e. The van der Waals surface area contributed by atoms with E-state index in [2.05, 4.69) is 46.4 Å². The van der Waals surface area contributed by atoms with Crippen LogP contribution in [0.4, 0.5) is 0 Å². The molecule has 3 rings (SSSR count). The van der Waals surface area contributed by atoms with Crippen molar-refractivity contribution in [2.24, 2.45) is 5.92 Å². The molecule has 1 aromatic heterocycles. The maximum absolute atomic E-state index is 11.6. The van der Waals surface area contributed by atoms with Gasteiger partial charge in [0.2, 0.25) is 5.91 Å². The van der Waals surface area contributed by atoms with Crippen LogP contribution in [0.2, 0.25) is 0 Å². The highest BCUT2D eigenvalue weighted by Crippen LogP contribution is 2.23. The van der Waals surface area contributed by atoms with Crippen LogP contribution in [0.15, 0.2) is 6.07 Å². The molecule has 0 bridgehead atoms. The highest BCUT2D eigenvalue weighted by molar-refractivity contribution is 5.73. The third-order valence-corrected chi connectivity index (χ3v) is 5.82. The molecule has 0 saturated carbocycles. The molecule has 2 fully saturated rings. The van der Waals surface area contributed by atoms with Crippen LogP contribution in [0, 0.1) is 19.8 Å². The van der Waals surface area contributed by atoms with Crippen molar-refractivity contribution in [1.29, 1.82) is 0 Å². The predicted octanol–water partition coefficient (Wildman–Crippen LogP) is 1.37. The molecule has 2 saturated heterocycles. The van der Waals surface area contributed by atoms with Crippen LogP contribution in [0.1, 0.15) is 31.7 Å². The topological polar surface area (TPSA) is 44.6 Å². The molecule has 6 heteroatoms. The van der Waals surface area contributed by atoms with E-state index in [-0.39, 0.29) is 5.91 Å². The molecule has 0 N–H and O–H groups in total. The van der Waals surface area contributed by atoms with Crippen molar-refractivity contribution < 1.29 is 4.79 Å². The van der Waals surface area contributed by atoms with E-state index in [1.54, 1.807) is 6.92 Å². The van der Waals surface area contributed by atoms with Gasteiger partial charge in [-0.3, -0.25) is 19.3 Å². The summed E-state index contributed by atoms with van der Waals surface area (Å²) >= 11 is 0. The van der Waals surface area contributed by atoms with E-state index < -0.39 is 0 Å². The SMILES string of the molecule is CC(=O)N1CCCN([C@H]2CN(CCn3nc(C)cc3C)C[C@H]2C)CC1. The Labute approximate surface area is 151 Å². The largest absolute Gasteiger partial charge is 0.342 e. The van der Waals surface area contributed by atoms with Crippen molar-refractivity contribution in [2.75, 3.05) is 45.8 Å². The second kappa shape index (κ2) is 7.87. The van der Waals surface area contributed by atoms with Gasteiger partial charge in [0.1, 0.15) is 0 Å². The molecule has 2 aliphatic rings. The summed E-state index contributed by atoms with van der Waals surface area (Å²) in [7, 11) is 0. The van der Waals surface area contributed by atoms with E-state index in [9.17, 15) is 4.79 Å². The van der Waals surface area contributed by atoms with Crippen molar-refractivity contribution in [3.05, 3.63) is 17.5 Å². The summed E-state index contributed by atoms with van der Waals surface area (Å²) in [6, 6.07) is 2.76. The van der Waals surface area contributed by atoms with Gasteiger partial charge in [0.05, 0.1) is 12.2 Å². The van der Waals surface area contributed by atoms with Gasteiger partial charge >= 0.3 is 0 Å². The van der Waals surface area contributed by atoms with Crippen molar-refractivity contribution in [2.45, 2.75) is 46.7 Å². The third-order valence-electron chi connectivity index (χ3n) is 5.82. The Bertz CT molecular complexity index is 599. The minimum atomic E-state index is 0.216. The Balaban J connectivity index is 1.52.